The van der Waals surface area contributed by atoms with Crippen molar-refractivity contribution in [2.45, 2.75) is 19.4 Å². The minimum atomic E-state index is -1.29. The molecule has 3 aromatic heterocycles. The standard InChI is InChI=1S/C16H15FN6O2/c1-16(2,24)14-11(25-3)5-12-20-7-10(23(12)22-14)13-9(17)4-8(6-18)15(19)21-13/h4-5,7,24H,1-3H3,(H2,19,21). The number of aromatic nitrogens is 4. The maximum atomic E-state index is 14.4. The van der Waals surface area contributed by atoms with E-state index in [0.717, 1.165) is 6.07 Å². The van der Waals surface area contributed by atoms with Crippen LogP contribution in [0.4, 0.5) is 10.2 Å². The second-order valence-electron chi connectivity index (χ2n) is 5.90. The van der Waals surface area contributed by atoms with Crippen molar-refractivity contribution in [1.29, 1.82) is 5.26 Å². The molecule has 0 saturated carbocycles. The maximum absolute atomic E-state index is 14.4. The van der Waals surface area contributed by atoms with Crippen molar-refractivity contribution in [3.05, 3.63) is 35.4 Å². The Bertz CT molecular complexity index is 1020. The van der Waals surface area contributed by atoms with E-state index >= 15 is 0 Å². The fraction of sp³-hybridized carbons (Fsp3) is 0.250. The van der Waals surface area contributed by atoms with Gasteiger partial charge in [-0.25, -0.2) is 18.9 Å². The van der Waals surface area contributed by atoms with Crippen molar-refractivity contribution >= 4 is 11.5 Å². The number of aliphatic hydroxyl groups is 1. The number of nitrogens with two attached hydrogens (primary N) is 1. The highest BCUT2D eigenvalue weighted by Crippen LogP contribution is 2.31. The van der Waals surface area contributed by atoms with Crippen LogP contribution < -0.4 is 10.5 Å². The Morgan fingerprint density at radius 3 is 2.72 bits per heavy atom. The van der Waals surface area contributed by atoms with Crippen LogP contribution in [0.25, 0.3) is 17.0 Å². The third kappa shape index (κ3) is 2.72. The fourth-order valence-corrected chi connectivity index (χ4v) is 2.41. The van der Waals surface area contributed by atoms with Gasteiger partial charge in [0.15, 0.2) is 11.5 Å². The maximum Gasteiger partial charge on any atom is 0.157 e. The van der Waals surface area contributed by atoms with E-state index in [1.54, 1.807) is 26.0 Å². The minimum absolute atomic E-state index is 0.0538. The molecule has 3 heterocycles. The zero-order chi connectivity index (χ0) is 18.4. The van der Waals surface area contributed by atoms with Gasteiger partial charge in [-0.3, -0.25) is 0 Å². The summed E-state index contributed by atoms with van der Waals surface area (Å²) < 4.78 is 21.0. The van der Waals surface area contributed by atoms with Crippen molar-refractivity contribution in [3.63, 3.8) is 0 Å². The number of fused-ring (bicyclic) bond motifs is 1. The zero-order valence-corrected chi connectivity index (χ0v) is 13.8. The number of nitrogens with zero attached hydrogens (tertiary/aromatic N) is 5. The van der Waals surface area contributed by atoms with Crippen LogP contribution in [0.2, 0.25) is 0 Å². The Hall–Kier alpha value is -3.25. The third-order valence-electron chi connectivity index (χ3n) is 3.63. The highest BCUT2D eigenvalue weighted by molar-refractivity contribution is 5.65. The van der Waals surface area contributed by atoms with Crippen LogP contribution in [0.15, 0.2) is 18.3 Å². The van der Waals surface area contributed by atoms with E-state index < -0.39 is 11.4 Å². The first-order chi connectivity index (χ1) is 11.8. The minimum Gasteiger partial charge on any atom is -0.495 e. The lowest BCUT2D eigenvalue weighted by Crippen LogP contribution is -2.20. The molecule has 0 amide bonds. The molecule has 0 bridgehead atoms. The summed E-state index contributed by atoms with van der Waals surface area (Å²) in [6.07, 6.45) is 1.38. The third-order valence-corrected chi connectivity index (χ3v) is 3.63. The predicted octanol–water partition coefficient (Wildman–Crippen LogP) is 1.62. The van der Waals surface area contributed by atoms with Crippen LogP contribution in [-0.2, 0) is 5.60 Å². The van der Waals surface area contributed by atoms with Gasteiger partial charge in [0, 0.05) is 6.07 Å². The Morgan fingerprint density at radius 2 is 2.12 bits per heavy atom. The summed E-state index contributed by atoms with van der Waals surface area (Å²) in [6, 6.07) is 4.36. The molecule has 0 saturated heterocycles. The summed E-state index contributed by atoms with van der Waals surface area (Å²) in [4.78, 5) is 8.12. The number of nitrogen functional groups attached to an aromatic ring is 1. The van der Waals surface area contributed by atoms with Crippen LogP contribution in [0, 0.1) is 17.1 Å². The fourth-order valence-electron chi connectivity index (χ4n) is 2.41. The lowest BCUT2D eigenvalue weighted by atomic mass is 10.0. The van der Waals surface area contributed by atoms with Gasteiger partial charge in [0.05, 0.1) is 18.9 Å². The number of ether oxygens (including phenoxy) is 1. The number of imidazole rings is 1. The number of anilines is 1. The summed E-state index contributed by atoms with van der Waals surface area (Å²) >= 11 is 0. The summed E-state index contributed by atoms with van der Waals surface area (Å²) in [6.45, 7) is 3.11. The topological polar surface area (TPSA) is 122 Å². The molecule has 0 fully saturated rings. The van der Waals surface area contributed by atoms with Gasteiger partial charge in [-0.1, -0.05) is 0 Å². The number of halogens is 1. The van der Waals surface area contributed by atoms with Gasteiger partial charge in [-0.15, -0.1) is 0 Å². The number of rotatable bonds is 3. The largest absolute Gasteiger partial charge is 0.495 e. The summed E-state index contributed by atoms with van der Waals surface area (Å²) in [5.74, 6) is -0.468. The van der Waals surface area contributed by atoms with Crippen molar-refractivity contribution in [1.82, 2.24) is 19.6 Å². The van der Waals surface area contributed by atoms with Gasteiger partial charge in [-0.05, 0) is 19.9 Å². The van der Waals surface area contributed by atoms with Crippen molar-refractivity contribution in [3.8, 4) is 23.2 Å². The zero-order valence-electron chi connectivity index (χ0n) is 13.8. The van der Waals surface area contributed by atoms with Gasteiger partial charge in [-0.2, -0.15) is 10.4 Å². The van der Waals surface area contributed by atoms with Crippen LogP contribution >= 0.6 is 0 Å². The molecule has 3 aromatic rings. The molecule has 0 aromatic carbocycles. The van der Waals surface area contributed by atoms with E-state index in [0.29, 0.717) is 11.4 Å². The lowest BCUT2D eigenvalue weighted by molar-refractivity contribution is 0.0694. The average molecular weight is 342 g/mol. The van der Waals surface area contributed by atoms with Crippen molar-refractivity contribution < 1.29 is 14.2 Å². The van der Waals surface area contributed by atoms with Crippen molar-refractivity contribution in [2.24, 2.45) is 0 Å². The first-order valence-electron chi connectivity index (χ1n) is 7.28. The molecule has 0 unspecified atom stereocenters. The second-order valence-corrected chi connectivity index (χ2v) is 5.90. The first kappa shape index (κ1) is 16.6. The van der Waals surface area contributed by atoms with Gasteiger partial charge < -0.3 is 15.6 Å². The van der Waals surface area contributed by atoms with Crippen LogP contribution in [0.5, 0.6) is 5.75 Å². The Morgan fingerprint density at radius 1 is 1.40 bits per heavy atom. The van der Waals surface area contributed by atoms with Gasteiger partial charge in [0.1, 0.15) is 40.3 Å². The molecule has 0 aliphatic carbocycles. The van der Waals surface area contributed by atoms with Crippen molar-refractivity contribution in [2.75, 3.05) is 12.8 Å². The molecule has 0 aliphatic heterocycles. The first-order valence-corrected chi connectivity index (χ1v) is 7.28. The van der Waals surface area contributed by atoms with Gasteiger partial charge in [0.2, 0.25) is 0 Å². The van der Waals surface area contributed by atoms with E-state index in [4.69, 9.17) is 15.7 Å². The lowest BCUT2D eigenvalue weighted by Gasteiger charge is -2.19. The Labute approximate surface area is 142 Å². The molecule has 0 radical (unpaired) electrons. The predicted molar refractivity (Wildman–Crippen MR) is 87.1 cm³/mol. The smallest absolute Gasteiger partial charge is 0.157 e. The normalized spacial score (nSPS) is 11.5. The number of hydrogen-bond donors (Lipinski definition) is 2. The molecule has 9 heteroatoms. The van der Waals surface area contributed by atoms with Crippen LogP contribution in [0.1, 0.15) is 25.1 Å². The van der Waals surface area contributed by atoms with E-state index in [-0.39, 0.29) is 28.5 Å². The molecule has 0 spiro atoms. The molecular formula is C16H15FN6O2. The number of methoxy groups -OCH3 is 1. The second kappa shape index (κ2) is 5.68. The van der Waals surface area contributed by atoms with E-state index in [2.05, 4.69) is 15.1 Å². The molecule has 8 nitrogen and oxygen atoms in total. The summed E-state index contributed by atoms with van der Waals surface area (Å²) in [5, 5.41) is 23.5. The summed E-state index contributed by atoms with van der Waals surface area (Å²) in [5.41, 5.74) is 5.11. The molecular weight excluding hydrogens is 327 g/mol. The molecule has 0 aliphatic rings. The highest BCUT2D eigenvalue weighted by Gasteiger charge is 2.26. The Kier molecular flexibility index (Phi) is 3.77. The number of hydrogen-bond acceptors (Lipinski definition) is 7. The monoisotopic (exact) mass is 342 g/mol. The van der Waals surface area contributed by atoms with Crippen LogP contribution in [0.3, 0.4) is 0 Å². The number of pyridine rings is 1. The average Bonchev–Trinajstić information content (AvgIpc) is 2.97. The summed E-state index contributed by atoms with van der Waals surface area (Å²) in [7, 11) is 1.45. The van der Waals surface area contributed by atoms with Crippen LogP contribution in [-0.4, -0.2) is 31.8 Å². The highest BCUT2D eigenvalue weighted by atomic mass is 19.1. The molecule has 128 valence electrons. The molecule has 3 N–H and O–H groups in total. The Balaban J connectivity index is 2.29. The molecule has 25 heavy (non-hydrogen) atoms. The van der Waals surface area contributed by atoms with Gasteiger partial charge in [0.25, 0.3) is 0 Å². The SMILES string of the molecule is COc1cc2ncc(-c3nc(N)c(C#N)cc3F)n2nc1C(C)(C)O. The quantitative estimate of drug-likeness (QED) is 0.741. The molecule has 3 rings (SSSR count). The number of nitriles is 1. The van der Waals surface area contributed by atoms with E-state index in [9.17, 15) is 9.50 Å². The van der Waals surface area contributed by atoms with E-state index in [1.165, 1.54) is 17.8 Å². The van der Waals surface area contributed by atoms with Gasteiger partial charge >= 0.3 is 0 Å². The van der Waals surface area contributed by atoms with E-state index in [1.807, 2.05) is 0 Å². The molecule has 0 atom stereocenters.